The van der Waals surface area contributed by atoms with E-state index in [0.717, 1.165) is 30.4 Å². The fourth-order valence-corrected chi connectivity index (χ4v) is 4.14. The number of ether oxygens (including phenoxy) is 1. The van der Waals surface area contributed by atoms with Crippen molar-refractivity contribution < 1.29 is 9.53 Å². The minimum absolute atomic E-state index is 0.245. The molecule has 2 atom stereocenters. The van der Waals surface area contributed by atoms with Crippen LogP contribution >= 0.6 is 0 Å². The molecule has 2 unspecified atom stereocenters. The van der Waals surface area contributed by atoms with Gasteiger partial charge in [0.25, 0.3) is 0 Å². The Morgan fingerprint density at radius 3 is 2.48 bits per heavy atom. The van der Waals surface area contributed by atoms with Gasteiger partial charge in [-0.05, 0) is 47.9 Å². The summed E-state index contributed by atoms with van der Waals surface area (Å²) in [5, 5.41) is 5.51. The summed E-state index contributed by atoms with van der Waals surface area (Å²) in [7, 11) is 1.61. The monoisotopic (exact) mass is 395 g/mol. The number of hydrogen-bond acceptors (Lipinski definition) is 3. The largest absolute Gasteiger partial charge is 0.487 e. The molecule has 2 aromatic rings. The molecule has 0 saturated carbocycles. The Labute approximate surface area is 174 Å². The maximum Gasteiger partial charge on any atom is 0.319 e. The molecule has 2 aromatic carbocycles. The third-order valence-electron chi connectivity index (χ3n) is 5.42. The Morgan fingerprint density at radius 2 is 1.79 bits per heavy atom. The van der Waals surface area contributed by atoms with Crippen LogP contribution in [0.15, 0.2) is 48.5 Å². The van der Waals surface area contributed by atoms with Gasteiger partial charge in [0.15, 0.2) is 0 Å². The average Bonchev–Trinajstić information content (AvgIpc) is 2.71. The van der Waals surface area contributed by atoms with E-state index in [2.05, 4.69) is 35.4 Å². The van der Waals surface area contributed by atoms with E-state index in [0.29, 0.717) is 18.0 Å². The van der Waals surface area contributed by atoms with Gasteiger partial charge in [0.2, 0.25) is 0 Å². The molecular formula is C24H33N3O2. The van der Waals surface area contributed by atoms with Crippen molar-refractivity contribution >= 4 is 11.7 Å². The SMILES string of the molecule is CNC(=O)Nc1cc(CCN2CC(C)CC(C)C2)ccc1OCc1ccccc1. The Morgan fingerprint density at radius 1 is 1.07 bits per heavy atom. The number of nitrogens with one attached hydrogen (secondary N) is 2. The third kappa shape index (κ3) is 6.50. The Kier molecular flexibility index (Phi) is 7.53. The van der Waals surface area contributed by atoms with Crippen LogP contribution in [0.2, 0.25) is 0 Å². The zero-order valence-corrected chi connectivity index (χ0v) is 17.8. The van der Waals surface area contributed by atoms with Gasteiger partial charge in [-0.3, -0.25) is 0 Å². The molecule has 0 aromatic heterocycles. The van der Waals surface area contributed by atoms with Crippen molar-refractivity contribution in [3.05, 3.63) is 59.7 Å². The lowest BCUT2D eigenvalue weighted by Crippen LogP contribution is -2.39. The summed E-state index contributed by atoms with van der Waals surface area (Å²) in [6.07, 6.45) is 2.28. The van der Waals surface area contributed by atoms with E-state index in [1.54, 1.807) is 7.05 Å². The van der Waals surface area contributed by atoms with Crippen molar-refractivity contribution in [3.8, 4) is 5.75 Å². The summed E-state index contributed by atoms with van der Waals surface area (Å²) in [5.74, 6) is 2.21. The van der Waals surface area contributed by atoms with Crippen molar-refractivity contribution in [1.82, 2.24) is 10.2 Å². The normalized spacial score (nSPS) is 19.6. The molecule has 2 amide bonds. The summed E-state index contributed by atoms with van der Waals surface area (Å²) in [4.78, 5) is 14.5. The van der Waals surface area contributed by atoms with Crippen LogP contribution in [0.25, 0.3) is 0 Å². The summed E-state index contributed by atoms with van der Waals surface area (Å²) in [6.45, 7) is 8.53. The van der Waals surface area contributed by atoms with Crippen molar-refractivity contribution in [1.29, 1.82) is 0 Å². The van der Waals surface area contributed by atoms with Crippen LogP contribution < -0.4 is 15.4 Å². The number of piperidine rings is 1. The van der Waals surface area contributed by atoms with E-state index in [1.807, 2.05) is 42.5 Å². The van der Waals surface area contributed by atoms with Gasteiger partial charge in [-0.1, -0.05) is 50.2 Å². The van der Waals surface area contributed by atoms with Crippen molar-refractivity contribution in [3.63, 3.8) is 0 Å². The van der Waals surface area contributed by atoms with E-state index in [1.165, 1.54) is 25.1 Å². The lowest BCUT2D eigenvalue weighted by Gasteiger charge is -2.35. The number of urea groups is 1. The highest BCUT2D eigenvalue weighted by Crippen LogP contribution is 2.28. The van der Waals surface area contributed by atoms with Gasteiger partial charge in [0, 0.05) is 26.7 Å². The maximum absolute atomic E-state index is 11.9. The Hall–Kier alpha value is -2.53. The molecule has 1 aliphatic rings. The topological polar surface area (TPSA) is 53.6 Å². The van der Waals surface area contributed by atoms with Crippen LogP contribution in [0.3, 0.4) is 0 Å². The molecule has 156 valence electrons. The van der Waals surface area contributed by atoms with Crippen molar-refractivity contribution in [2.75, 3.05) is 32.0 Å². The zero-order valence-electron chi connectivity index (χ0n) is 17.8. The number of nitrogens with zero attached hydrogens (tertiary/aromatic N) is 1. The van der Waals surface area contributed by atoms with E-state index < -0.39 is 0 Å². The molecule has 0 bridgehead atoms. The molecule has 0 aliphatic carbocycles. The highest BCUT2D eigenvalue weighted by Gasteiger charge is 2.21. The summed E-state index contributed by atoms with van der Waals surface area (Å²) in [6, 6.07) is 15.9. The van der Waals surface area contributed by atoms with Crippen molar-refractivity contribution in [2.24, 2.45) is 11.8 Å². The molecule has 3 rings (SSSR count). The van der Waals surface area contributed by atoms with Crippen LogP contribution in [0, 0.1) is 11.8 Å². The first kappa shape index (κ1) is 21.2. The van der Waals surface area contributed by atoms with Gasteiger partial charge in [-0.15, -0.1) is 0 Å². The molecule has 1 fully saturated rings. The van der Waals surface area contributed by atoms with Gasteiger partial charge < -0.3 is 20.3 Å². The van der Waals surface area contributed by atoms with E-state index in [9.17, 15) is 4.79 Å². The molecule has 1 aliphatic heterocycles. The molecule has 5 heteroatoms. The molecule has 2 N–H and O–H groups in total. The fourth-order valence-electron chi connectivity index (χ4n) is 4.14. The van der Waals surface area contributed by atoms with Gasteiger partial charge in [-0.2, -0.15) is 0 Å². The number of carbonyl (C=O) groups excluding carboxylic acids is 1. The van der Waals surface area contributed by atoms with Crippen molar-refractivity contribution in [2.45, 2.75) is 33.3 Å². The van der Waals surface area contributed by atoms with E-state index in [4.69, 9.17) is 4.74 Å². The maximum atomic E-state index is 11.9. The first-order valence-electron chi connectivity index (χ1n) is 10.5. The smallest absolute Gasteiger partial charge is 0.319 e. The minimum Gasteiger partial charge on any atom is -0.487 e. The van der Waals surface area contributed by atoms with Gasteiger partial charge >= 0.3 is 6.03 Å². The molecule has 0 spiro atoms. The highest BCUT2D eigenvalue weighted by atomic mass is 16.5. The van der Waals surface area contributed by atoms with Crippen LogP contribution in [-0.4, -0.2) is 37.6 Å². The van der Waals surface area contributed by atoms with Crippen LogP contribution in [0.5, 0.6) is 5.75 Å². The zero-order chi connectivity index (χ0) is 20.6. The quantitative estimate of drug-likeness (QED) is 0.724. The highest BCUT2D eigenvalue weighted by molar-refractivity contribution is 5.90. The number of carbonyl (C=O) groups is 1. The van der Waals surface area contributed by atoms with Crippen LogP contribution in [0.4, 0.5) is 10.5 Å². The first-order valence-corrected chi connectivity index (χ1v) is 10.5. The average molecular weight is 396 g/mol. The van der Waals surface area contributed by atoms with Gasteiger partial charge in [-0.25, -0.2) is 4.79 Å². The van der Waals surface area contributed by atoms with Gasteiger partial charge in [0.1, 0.15) is 12.4 Å². The number of anilines is 1. The third-order valence-corrected chi connectivity index (χ3v) is 5.42. The predicted octanol–water partition coefficient (Wildman–Crippen LogP) is 4.54. The molecular weight excluding hydrogens is 362 g/mol. The summed E-state index contributed by atoms with van der Waals surface area (Å²) < 4.78 is 5.99. The summed E-state index contributed by atoms with van der Waals surface area (Å²) >= 11 is 0. The van der Waals surface area contributed by atoms with Gasteiger partial charge in [0.05, 0.1) is 5.69 Å². The van der Waals surface area contributed by atoms with E-state index in [-0.39, 0.29) is 6.03 Å². The second-order valence-electron chi connectivity index (χ2n) is 8.26. The van der Waals surface area contributed by atoms with E-state index >= 15 is 0 Å². The standard InChI is InChI=1S/C24H33N3O2/c1-18-13-19(2)16-27(15-18)12-11-20-9-10-23(22(14-20)26-24(28)25-3)29-17-21-7-5-4-6-8-21/h4-10,14,18-19H,11-13,15-17H2,1-3H3,(H2,25,26,28). The minimum atomic E-state index is -0.245. The fraction of sp³-hybridized carbons (Fsp3) is 0.458. The van der Waals surface area contributed by atoms with Crippen LogP contribution in [0.1, 0.15) is 31.4 Å². The number of likely N-dealkylation sites (tertiary alicyclic amines) is 1. The molecule has 0 radical (unpaired) electrons. The molecule has 1 saturated heterocycles. The number of amides is 2. The Balaban J connectivity index is 1.66. The molecule has 5 nitrogen and oxygen atoms in total. The second kappa shape index (κ2) is 10.3. The number of benzene rings is 2. The molecule has 1 heterocycles. The second-order valence-corrected chi connectivity index (χ2v) is 8.26. The lowest BCUT2D eigenvalue weighted by molar-refractivity contribution is 0.142. The van der Waals surface area contributed by atoms with Crippen LogP contribution in [-0.2, 0) is 13.0 Å². The lowest BCUT2D eigenvalue weighted by atomic mass is 9.91. The first-order chi connectivity index (χ1) is 14.0. The predicted molar refractivity (Wildman–Crippen MR) is 118 cm³/mol. The number of hydrogen-bond donors (Lipinski definition) is 2. The number of rotatable bonds is 7. The molecule has 29 heavy (non-hydrogen) atoms. The summed E-state index contributed by atoms with van der Waals surface area (Å²) in [5.41, 5.74) is 3.00. The Bertz CT molecular complexity index is 784.